The summed E-state index contributed by atoms with van der Waals surface area (Å²) in [6.45, 7) is 11.8. The lowest BCUT2D eigenvalue weighted by Gasteiger charge is -2.23. The second-order valence-corrected chi connectivity index (χ2v) is 4.60. The van der Waals surface area contributed by atoms with E-state index in [1.165, 1.54) is 45.4 Å². The van der Waals surface area contributed by atoms with Gasteiger partial charge < -0.3 is 5.32 Å². The number of likely N-dealkylation sites (tertiary alicyclic amines) is 1. The summed E-state index contributed by atoms with van der Waals surface area (Å²) in [5.41, 5.74) is 0. The van der Waals surface area contributed by atoms with Crippen LogP contribution in [0.3, 0.4) is 0 Å². The lowest BCUT2D eigenvalue weighted by atomic mass is 10.1. The standard InChI is InChI=1S/C12H26N2/c1-4-11(3)9-13-10-12-7-6-8-14(12)5-2/h11-13H,4-10H2,1-3H3/t11-,12+/m1/s1. The van der Waals surface area contributed by atoms with E-state index < -0.39 is 0 Å². The van der Waals surface area contributed by atoms with Gasteiger partial charge >= 0.3 is 0 Å². The molecular weight excluding hydrogens is 172 g/mol. The van der Waals surface area contributed by atoms with Crippen LogP contribution in [0.25, 0.3) is 0 Å². The van der Waals surface area contributed by atoms with E-state index >= 15 is 0 Å². The zero-order valence-electron chi connectivity index (χ0n) is 10.1. The van der Waals surface area contributed by atoms with Crippen LogP contribution >= 0.6 is 0 Å². The molecular formula is C12H26N2. The van der Waals surface area contributed by atoms with E-state index in [9.17, 15) is 0 Å². The van der Waals surface area contributed by atoms with E-state index in [-0.39, 0.29) is 0 Å². The maximum Gasteiger partial charge on any atom is 0.0220 e. The second-order valence-electron chi connectivity index (χ2n) is 4.60. The Labute approximate surface area is 89.1 Å². The van der Waals surface area contributed by atoms with Gasteiger partial charge in [0.05, 0.1) is 0 Å². The van der Waals surface area contributed by atoms with Crippen molar-refractivity contribution < 1.29 is 0 Å². The zero-order valence-corrected chi connectivity index (χ0v) is 10.1. The van der Waals surface area contributed by atoms with Gasteiger partial charge in [0.15, 0.2) is 0 Å². The van der Waals surface area contributed by atoms with Gasteiger partial charge in [-0.2, -0.15) is 0 Å². The van der Waals surface area contributed by atoms with E-state index in [1.807, 2.05) is 0 Å². The number of nitrogens with zero attached hydrogens (tertiary/aromatic N) is 1. The second kappa shape index (κ2) is 6.41. The molecule has 1 heterocycles. The van der Waals surface area contributed by atoms with E-state index in [0.717, 1.165) is 12.0 Å². The minimum Gasteiger partial charge on any atom is -0.315 e. The number of rotatable bonds is 6. The molecule has 2 heteroatoms. The Bertz CT molecular complexity index is 147. The minimum absolute atomic E-state index is 0.809. The van der Waals surface area contributed by atoms with Crippen molar-refractivity contribution in [3.63, 3.8) is 0 Å². The van der Waals surface area contributed by atoms with Crippen molar-refractivity contribution >= 4 is 0 Å². The molecule has 0 saturated carbocycles. The summed E-state index contributed by atoms with van der Waals surface area (Å²) in [4.78, 5) is 2.60. The first-order valence-corrected chi connectivity index (χ1v) is 6.22. The molecule has 0 aromatic heterocycles. The van der Waals surface area contributed by atoms with Crippen molar-refractivity contribution in [2.75, 3.05) is 26.2 Å². The lowest BCUT2D eigenvalue weighted by molar-refractivity contribution is 0.257. The Hall–Kier alpha value is -0.0800. The minimum atomic E-state index is 0.809. The first kappa shape index (κ1) is 12.0. The van der Waals surface area contributed by atoms with Gasteiger partial charge in [0, 0.05) is 12.6 Å². The molecule has 84 valence electrons. The Balaban J connectivity index is 2.11. The van der Waals surface area contributed by atoms with Crippen LogP contribution in [0.4, 0.5) is 0 Å². The van der Waals surface area contributed by atoms with Gasteiger partial charge in [-0.3, -0.25) is 4.90 Å². The van der Waals surface area contributed by atoms with Crippen molar-refractivity contribution in [2.45, 2.75) is 46.1 Å². The smallest absolute Gasteiger partial charge is 0.0220 e. The maximum absolute atomic E-state index is 3.60. The summed E-state index contributed by atoms with van der Waals surface area (Å²) >= 11 is 0. The Kier molecular flexibility index (Phi) is 5.49. The fourth-order valence-electron chi connectivity index (χ4n) is 2.18. The predicted octanol–water partition coefficient (Wildman–Crippen LogP) is 2.11. The molecule has 2 nitrogen and oxygen atoms in total. The van der Waals surface area contributed by atoms with E-state index in [1.54, 1.807) is 0 Å². The number of hydrogen-bond donors (Lipinski definition) is 1. The van der Waals surface area contributed by atoms with Crippen LogP contribution in [-0.2, 0) is 0 Å². The third kappa shape index (κ3) is 3.58. The molecule has 0 aromatic carbocycles. The van der Waals surface area contributed by atoms with E-state index in [0.29, 0.717) is 0 Å². The molecule has 1 saturated heterocycles. The molecule has 1 fully saturated rings. The predicted molar refractivity (Wildman–Crippen MR) is 62.6 cm³/mol. The summed E-state index contributed by atoms with van der Waals surface area (Å²) in [5, 5.41) is 3.60. The van der Waals surface area contributed by atoms with Crippen LogP contribution in [0.5, 0.6) is 0 Å². The molecule has 0 bridgehead atoms. The molecule has 0 amide bonds. The number of nitrogens with one attached hydrogen (secondary N) is 1. The van der Waals surface area contributed by atoms with Gasteiger partial charge in [0.2, 0.25) is 0 Å². The summed E-state index contributed by atoms with van der Waals surface area (Å²) in [6, 6.07) is 0.809. The van der Waals surface area contributed by atoms with Gasteiger partial charge in [-0.1, -0.05) is 27.2 Å². The number of hydrogen-bond acceptors (Lipinski definition) is 2. The molecule has 0 unspecified atom stereocenters. The van der Waals surface area contributed by atoms with Gasteiger partial charge in [-0.05, 0) is 38.4 Å². The van der Waals surface area contributed by atoms with Gasteiger partial charge in [0.1, 0.15) is 0 Å². The third-order valence-corrected chi connectivity index (χ3v) is 3.47. The van der Waals surface area contributed by atoms with Crippen molar-refractivity contribution in [3.05, 3.63) is 0 Å². The van der Waals surface area contributed by atoms with Crippen LogP contribution in [0.1, 0.15) is 40.0 Å². The molecule has 1 rings (SSSR count). The van der Waals surface area contributed by atoms with E-state index in [2.05, 4.69) is 31.0 Å². The topological polar surface area (TPSA) is 15.3 Å². The third-order valence-electron chi connectivity index (χ3n) is 3.47. The molecule has 0 aliphatic carbocycles. The summed E-state index contributed by atoms with van der Waals surface area (Å²) in [7, 11) is 0. The lowest BCUT2D eigenvalue weighted by Crippen LogP contribution is -2.38. The summed E-state index contributed by atoms with van der Waals surface area (Å²) < 4.78 is 0. The van der Waals surface area contributed by atoms with Crippen LogP contribution in [0.2, 0.25) is 0 Å². The maximum atomic E-state index is 3.60. The van der Waals surface area contributed by atoms with Gasteiger partial charge in [-0.25, -0.2) is 0 Å². The summed E-state index contributed by atoms with van der Waals surface area (Å²) in [6.07, 6.45) is 4.07. The van der Waals surface area contributed by atoms with Crippen LogP contribution in [-0.4, -0.2) is 37.1 Å². The fraction of sp³-hybridized carbons (Fsp3) is 1.00. The molecule has 2 atom stereocenters. The average Bonchev–Trinajstić information content (AvgIpc) is 2.65. The van der Waals surface area contributed by atoms with Crippen LogP contribution in [0, 0.1) is 5.92 Å². The highest BCUT2D eigenvalue weighted by Crippen LogP contribution is 2.15. The first-order chi connectivity index (χ1) is 6.77. The number of likely N-dealkylation sites (N-methyl/N-ethyl adjacent to an activating group) is 1. The van der Waals surface area contributed by atoms with E-state index in [4.69, 9.17) is 0 Å². The van der Waals surface area contributed by atoms with Gasteiger partial charge in [0.25, 0.3) is 0 Å². The summed E-state index contributed by atoms with van der Waals surface area (Å²) in [5.74, 6) is 0.825. The quantitative estimate of drug-likeness (QED) is 0.703. The molecule has 1 aliphatic heterocycles. The Morgan fingerprint density at radius 1 is 1.43 bits per heavy atom. The Morgan fingerprint density at radius 2 is 2.21 bits per heavy atom. The van der Waals surface area contributed by atoms with Crippen molar-refractivity contribution in [2.24, 2.45) is 5.92 Å². The average molecular weight is 198 g/mol. The van der Waals surface area contributed by atoms with Gasteiger partial charge in [-0.15, -0.1) is 0 Å². The molecule has 0 aromatic rings. The molecule has 1 N–H and O–H groups in total. The highest BCUT2D eigenvalue weighted by molar-refractivity contribution is 4.80. The molecule has 0 spiro atoms. The van der Waals surface area contributed by atoms with Crippen LogP contribution < -0.4 is 5.32 Å². The monoisotopic (exact) mass is 198 g/mol. The van der Waals surface area contributed by atoms with Crippen molar-refractivity contribution in [1.29, 1.82) is 0 Å². The normalized spacial score (nSPS) is 25.5. The largest absolute Gasteiger partial charge is 0.315 e. The highest BCUT2D eigenvalue weighted by Gasteiger charge is 2.22. The molecule has 1 aliphatic rings. The Morgan fingerprint density at radius 3 is 2.86 bits per heavy atom. The SMILES string of the molecule is CC[C@@H](C)CNC[C@@H]1CCCN1CC. The van der Waals surface area contributed by atoms with Crippen LogP contribution in [0.15, 0.2) is 0 Å². The zero-order chi connectivity index (χ0) is 10.4. The van der Waals surface area contributed by atoms with Crippen molar-refractivity contribution in [3.8, 4) is 0 Å². The molecule has 14 heavy (non-hydrogen) atoms. The fourth-order valence-corrected chi connectivity index (χ4v) is 2.18. The van der Waals surface area contributed by atoms with Crippen molar-refractivity contribution in [1.82, 2.24) is 10.2 Å². The molecule has 0 radical (unpaired) electrons. The first-order valence-electron chi connectivity index (χ1n) is 6.22. The highest BCUT2D eigenvalue weighted by atomic mass is 15.2.